The number of aliphatic hydroxyl groups is 1. The van der Waals surface area contributed by atoms with Crippen LogP contribution in [-0.2, 0) is 38.0 Å². The average Bonchev–Trinajstić information content (AvgIpc) is 3.41. The van der Waals surface area contributed by atoms with Crippen LogP contribution in [0.15, 0.2) is 0 Å². The van der Waals surface area contributed by atoms with E-state index in [4.69, 9.17) is 28.4 Å². The van der Waals surface area contributed by atoms with Crippen LogP contribution in [0.2, 0.25) is 0 Å². The number of piperidine rings is 1. The number of fused-ring (bicyclic) bond motifs is 1. The molecule has 2 aliphatic heterocycles. The summed E-state index contributed by atoms with van der Waals surface area (Å²) < 4.78 is 38.4. The number of carbonyl (C=O) groups excluding carboxylic acids is 2. The summed E-state index contributed by atoms with van der Waals surface area (Å²) >= 11 is 0. The van der Waals surface area contributed by atoms with Gasteiger partial charge in [-0.1, -0.05) is 13.8 Å². The summed E-state index contributed by atoms with van der Waals surface area (Å²) in [6.07, 6.45) is 0.531. The quantitative estimate of drug-likeness (QED) is 0.517. The van der Waals surface area contributed by atoms with Crippen molar-refractivity contribution in [1.29, 1.82) is 0 Å². The maximum atomic E-state index is 13.5. The van der Waals surface area contributed by atoms with Gasteiger partial charge < -0.3 is 33.5 Å². The largest absolute Gasteiger partial charge is 0.462 e. The first kappa shape index (κ1) is 25.7. The van der Waals surface area contributed by atoms with Crippen LogP contribution in [0.5, 0.6) is 0 Å². The van der Waals surface area contributed by atoms with Crippen molar-refractivity contribution in [2.45, 2.75) is 101 Å². The Morgan fingerprint density at radius 1 is 1.05 bits per heavy atom. The molecule has 7 aliphatic rings. The van der Waals surface area contributed by atoms with Gasteiger partial charge in [-0.2, -0.15) is 0 Å². The number of hydrogen-bond acceptors (Lipinski definition) is 10. The molecule has 7 rings (SSSR count). The molecule has 0 aromatic rings. The van der Waals surface area contributed by atoms with Gasteiger partial charge in [-0.05, 0) is 31.2 Å². The van der Waals surface area contributed by atoms with E-state index >= 15 is 0 Å². The molecule has 0 aromatic carbocycles. The van der Waals surface area contributed by atoms with Crippen LogP contribution in [0.4, 0.5) is 0 Å². The van der Waals surface area contributed by atoms with Crippen LogP contribution in [0.1, 0.15) is 53.4 Å². The predicted octanol–water partition coefficient (Wildman–Crippen LogP) is 1.27. The summed E-state index contributed by atoms with van der Waals surface area (Å²) in [6, 6.07) is -0.316. The van der Waals surface area contributed by atoms with Gasteiger partial charge in [0.05, 0.1) is 29.3 Å². The molecule has 3 spiro atoms. The molecular formula is C28H41NO9. The smallest absolute Gasteiger partial charge is 0.303 e. The molecule has 0 radical (unpaired) electrons. The van der Waals surface area contributed by atoms with Crippen LogP contribution < -0.4 is 0 Å². The minimum Gasteiger partial charge on any atom is -0.462 e. The lowest BCUT2D eigenvalue weighted by atomic mass is 9.41. The van der Waals surface area contributed by atoms with Gasteiger partial charge >= 0.3 is 11.9 Å². The Labute approximate surface area is 223 Å². The van der Waals surface area contributed by atoms with Gasteiger partial charge in [0.15, 0.2) is 5.60 Å². The molecule has 212 valence electrons. The Balaban J connectivity index is 1.59. The Kier molecular flexibility index (Phi) is 5.20. The zero-order valence-corrected chi connectivity index (χ0v) is 23.2. The van der Waals surface area contributed by atoms with E-state index < -0.39 is 46.4 Å². The van der Waals surface area contributed by atoms with Crippen molar-refractivity contribution in [2.75, 3.05) is 34.1 Å². The maximum Gasteiger partial charge on any atom is 0.303 e. The monoisotopic (exact) mass is 535 g/mol. The first-order valence-electron chi connectivity index (χ1n) is 14.2. The maximum absolute atomic E-state index is 13.5. The van der Waals surface area contributed by atoms with E-state index in [0.717, 1.165) is 25.9 Å². The summed E-state index contributed by atoms with van der Waals surface area (Å²) in [5.41, 5.74) is -4.51. The lowest BCUT2D eigenvalue weighted by Crippen LogP contribution is -2.85. The molecule has 10 heteroatoms. The van der Waals surface area contributed by atoms with Gasteiger partial charge in [0, 0.05) is 58.8 Å². The molecule has 10 nitrogen and oxygen atoms in total. The summed E-state index contributed by atoms with van der Waals surface area (Å²) in [5.74, 6) is -1.63. The van der Waals surface area contributed by atoms with Crippen molar-refractivity contribution < 1.29 is 43.1 Å². The van der Waals surface area contributed by atoms with E-state index in [1.54, 1.807) is 14.2 Å². The van der Waals surface area contributed by atoms with E-state index in [-0.39, 0.29) is 48.1 Å². The highest BCUT2D eigenvalue weighted by Crippen LogP contribution is 2.83. The van der Waals surface area contributed by atoms with Crippen molar-refractivity contribution >= 4 is 11.9 Å². The third-order valence-electron chi connectivity index (χ3n) is 12.2. The Morgan fingerprint density at radius 3 is 2.42 bits per heavy atom. The molecule has 2 heterocycles. The van der Waals surface area contributed by atoms with E-state index in [1.807, 2.05) is 0 Å². The number of methoxy groups -OCH3 is 2. The van der Waals surface area contributed by atoms with Crippen molar-refractivity contribution in [2.24, 2.45) is 28.6 Å². The number of likely N-dealkylation sites (tertiary alicyclic amines) is 1. The number of nitrogens with zero attached hydrogens (tertiary/aromatic N) is 1. The Bertz CT molecular complexity index is 1070. The molecule has 1 N–H and O–H groups in total. The number of carbonyl (C=O) groups is 2. The van der Waals surface area contributed by atoms with Gasteiger partial charge in [0.1, 0.15) is 24.6 Å². The number of rotatable bonds is 5. The first-order chi connectivity index (χ1) is 18.0. The zero-order valence-electron chi connectivity index (χ0n) is 23.2. The fraction of sp³-hybridized carbons (Fsp3) is 0.929. The predicted molar refractivity (Wildman–Crippen MR) is 131 cm³/mol. The SMILES string of the molecule is CCN1C[C@]2(C)CC[C@H](OC)[C@]34[C@@H]2[C@H](OC(C)=O)[C@]2(OCO[C@@]25C[C@H](OC(C)=O)[C@H]2C[C@]3(O)[C@@H]5[C@H]2OC)[C@@H]14. The molecule has 0 amide bonds. The molecule has 7 fully saturated rings. The fourth-order valence-electron chi connectivity index (χ4n) is 11.8. The van der Waals surface area contributed by atoms with Crippen molar-refractivity contribution in [3.63, 3.8) is 0 Å². The molecule has 38 heavy (non-hydrogen) atoms. The highest BCUT2D eigenvalue weighted by Gasteiger charge is 2.97. The van der Waals surface area contributed by atoms with Crippen molar-refractivity contribution in [3.8, 4) is 0 Å². The summed E-state index contributed by atoms with van der Waals surface area (Å²) in [4.78, 5) is 27.6. The van der Waals surface area contributed by atoms with Crippen molar-refractivity contribution in [1.82, 2.24) is 4.90 Å². The van der Waals surface area contributed by atoms with E-state index in [1.165, 1.54) is 13.8 Å². The van der Waals surface area contributed by atoms with Crippen LogP contribution in [0.3, 0.4) is 0 Å². The second-order valence-electron chi connectivity index (χ2n) is 13.2. The van der Waals surface area contributed by atoms with Gasteiger partial charge in [0.2, 0.25) is 0 Å². The molecule has 5 aliphatic carbocycles. The highest BCUT2D eigenvalue weighted by atomic mass is 16.7. The van der Waals surface area contributed by atoms with Crippen molar-refractivity contribution in [3.05, 3.63) is 0 Å². The third-order valence-corrected chi connectivity index (χ3v) is 12.2. The summed E-state index contributed by atoms with van der Waals surface area (Å²) in [7, 11) is 3.39. The molecule has 7 bridgehead atoms. The highest BCUT2D eigenvalue weighted by molar-refractivity contribution is 5.67. The zero-order chi connectivity index (χ0) is 27.0. The van der Waals surface area contributed by atoms with E-state index in [9.17, 15) is 14.7 Å². The van der Waals surface area contributed by atoms with Crippen LogP contribution in [0.25, 0.3) is 0 Å². The lowest BCUT2D eigenvalue weighted by molar-refractivity contribution is -0.332. The van der Waals surface area contributed by atoms with Crippen LogP contribution in [0, 0.1) is 28.6 Å². The van der Waals surface area contributed by atoms with E-state index in [0.29, 0.717) is 12.8 Å². The molecular weight excluding hydrogens is 494 g/mol. The number of ether oxygens (including phenoxy) is 6. The average molecular weight is 536 g/mol. The van der Waals surface area contributed by atoms with Gasteiger partial charge in [-0.3, -0.25) is 14.5 Å². The van der Waals surface area contributed by atoms with Crippen LogP contribution >= 0.6 is 0 Å². The standard InChI is InChI=1S/C28H41NO9/c1-7-29-12-24(4)9-8-18(33-5)27-21(24)22(38-15(3)31)28(23(27)29)26(35-13-36-28)11-17(37-14(2)30)16-10-25(27,32)20(26)19(16)34-6/h16-23,32H,7-13H2,1-6H3/t16-,17+,18+,19+,20+,21-,22+,23+,24+,25+,26-,27-,28+/m1/s1. The minimum absolute atomic E-state index is 0.00343. The fourth-order valence-corrected chi connectivity index (χ4v) is 11.8. The van der Waals surface area contributed by atoms with Gasteiger partial charge in [-0.15, -0.1) is 0 Å². The Hall–Kier alpha value is -1.30. The molecule has 5 saturated carbocycles. The molecule has 0 unspecified atom stereocenters. The second kappa shape index (κ2) is 7.70. The normalized spacial score (nSPS) is 57.4. The number of hydrogen-bond donors (Lipinski definition) is 1. The number of likely N-dealkylation sites (N-methyl/N-ethyl adjacent to an activating group) is 1. The van der Waals surface area contributed by atoms with Gasteiger partial charge in [0.25, 0.3) is 0 Å². The van der Waals surface area contributed by atoms with E-state index in [2.05, 4.69) is 18.7 Å². The molecule has 0 aromatic heterocycles. The van der Waals surface area contributed by atoms with Gasteiger partial charge in [-0.25, -0.2) is 0 Å². The minimum atomic E-state index is -1.29. The third kappa shape index (κ3) is 2.42. The number of esters is 2. The summed E-state index contributed by atoms with van der Waals surface area (Å²) in [6.45, 7) is 8.82. The Morgan fingerprint density at radius 2 is 1.79 bits per heavy atom. The topological polar surface area (TPSA) is 113 Å². The molecule has 13 atom stereocenters. The van der Waals surface area contributed by atoms with Crippen LogP contribution in [-0.4, -0.2) is 103 Å². The lowest BCUT2D eigenvalue weighted by Gasteiger charge is -2.71. The summed E-state index contributed by atoms with van der Waals surface area (Å²) in [5, 5.41) is 13.5. The first-order valence-corrected chi connectivity index (χ1v) is 14.2. The second-order valence-corrected chi connectivity index (χ2v) is 13.2. The molecule has 2 saturated heterocycles.